The minimum Gasteiger partial charge on any atom is -0.497 e. The number of H-pyrrole nitrogens is 1. The lowest BCUT2D eigenvalue weighted by Gasteiger charge is -2.45. The molecular formula is C24H34N4O3. The van der Waals surface area contributed by atoms with E-state index in [-0.39, 0.29) is 5.91 Å². The van der Waals surface area contributed by atoms with Gasteiger partial charge in [0.2, 0.25) is 0 Å². The molecule has 2 fully saturated rings. The number of piperidine rings is 2. The van der Waals surface area contributed by atoms with E-state index in [1.165, 1.54) is 45.2 Å². The molecule has 0 spiro atoms. The van der Waals surface area contributed by atoms with Crippen molar-refractivity contribution in [3.8, 4) is 17.0 Å². The van der Waals surface area contributed by atoms with Crippen molar-refractivity contribution >= 4 is 5.91 Å². The average Bonchev–Trinajstić information content (AvgIpc) is 3.32. The van der Waals surface area contributed by atoms with Crippen LogP contribution in [-0.2, 0) is 4.74 Å². The van der Waals surface area contributed by atoms with Gasteiger partial charge in [-0.15, -0.1) is 0 Å². The molecule has 1 amide bonds. The summed E-state index contributed by atoms with van der Waals surface area (Å²) in [5.74, 6) is 1.32. The number of carbonyl (C=O) groups excluding carboxylic acids is 1. The van der Waals surface area contributed by atoms with Crippen molar-refractivity contribution < 1.29 is 14.3 Å². The molecule has 168 valence electrons. The van der Waals surface area contributed by atoms with Gasteiger partial charge in [-0.2, -0.15) is 5.10 Å². The van der Waals surface area contributed by atoms with Gasteiger partial charge in [-0.1, -0.05) is 6.42 Å². The van der Waals surface area contributed by atoms with Crippen LogP contribution in [0, 0.1) is 5.92 Å². The molecule has 0 unspecified atom stereocenters. The Hall–Kier alpha value is -2.38. The van der Waals surface area contributed by atoms with Gasteiger partial charge in [-0.25, -0.2) is 0 Å². The van der Waals surface area contributed by atoms with Crippen molar-refractivity contribution in [3.05, 3.63) is 36.0 Å². The predicted molar refractivity (Wildman–Crippen MR) is 120 cm³/mol. The summed E-state index contributed by atoms with van der Waals surface area (Å²) >= 11 is 0. The zero-order valence-corrected chi connectivity index (χ0v) is 18.7. The van der Waals surface area contributed by atoms with Gasteiger partial charge in [-0.3, -0.25) is 9.89 Å². The first-order valence-electron chi connectivity index (χ1n) is 11.4. The van der Waals surface area contributed by atoms with Crippen LogP contribution in [0.15, 0.2) is 30.3 Å². The highest BCUT2D eigenvalue weighted by Crippen LogP contribution is 2.31. The Labute approximate surface area is 184 Å². The number of aromatic amines is 1. The van der Waals surface area contributed by atoms with Crippen molar-refractivity contribution in [1.29, 1.82) is 0 Å². The third kappa shape index (κ3) is 5.10. The molecule has 2 aliphatic rings. The molecule has 0 saturated carbocycles. The number of amides is 1. The Morgan fingerprint density at radius 2 is 1.97 bits per heavy atom. The molecule has 0 bridgehead atoms. The lowest BCUT2D eigenvalue weighted by atomic mass is 9.83. The second kappa shape index (κ2) is 10.3. The van der Waals surface area contributed by atoms with Gasteiger partial charge >= 0.3 is 0 Å². The molecule has 2 aromatic rings. The molecule has 0 aliphatic carbocycles. The molecule has 0 radical (unpaired) electrons. The quantitative estimate of drug-likeness (QED) is 0.700. The maximum absolute atomic E-state index is 13.4. The third-order valence-electron chi connectivity index (χ3n) is 6.73. The Kier molecular flexibility index (Phi) is 7.25. The summed E-state index contributed by atoms with van der Waals surface area (Å²) in [5.41, 5.74) is 2.23. The largest absolute Gasteiger partial charge is 0.497 e. The second-order valence-electron chi connectivity index (χ2n) is 8.64. The van der Waals surface area contributed by atoms with Gasteiger partial charge in [0.25, 0.3) is 5.91 Å². The van der Waals surface area contributed by atoms with Crippen molar-refractivity contribution in [1.82, 2.24) is 20.0 Å². The lowest BCUT2D eigenvalue weighted by molar-refractivity contribution is 0.0313. The van der Waals surface area contributed by atoms with Gasteiger partial charge in [0, 0.05) is 31.8 Å². The summed E-state index contributed by atoms with van der Waals surface area (Å²) in [6.45, 7) is 4.32. The first-order chi connectivity index (χ1) is 15.2. The Bertz CT molecular complexity index is 849. The fourth-order valence-electron chi connectivity index (χ4n) is 5.06. The van der Waals surface area contributed by atoms with E-state index < -0.39 is 0 Å². The smallest absolute Gasteiger partial charge is 0.271 e. The zero-order chi connectivity index (χ0) is 21.6. The topological polar surface area (TPSA) is 70.7 Å². The highest BCUT2D eigenvalue weighted by atomic mass is 16.5. The van der Waals surface area contributed by atoms with Crippen LogP contribution >= 0.6 is 0 Å². The van der Waals surface area contributed by atoms with Crippen LogP contribution in [-0.4, -0.2) is 79.0 Å². The van der Waals surface area contributed by atoms with E-state index in [1.54, 1.807) is 14.2 Å². The molecule has 2 aliphatic heterocycles. The van der Waals surface area contributed by atoms with E-state index in [0.717, 1.165) is 23.6 Å². The molecule has 7 nitrogen and oxygen atoms in total. The summed E-state index contributed by atoms with van der Waals surface area (Å²) in [5, 5.41) is 7.34. The fraction of sp³-hybridized carbons (Fsp3) is 0.583. The lowest BCUT2D eigenvalue weighted by Crippen LogP contribution is -2.52. The molecule has 1 aromatic carbocycles. The molecule has 1 N–H and O–H groups in total. The van der Waals surface area contributed by atoms with E-state index in [0.29, 0.717) is 30.8 Å². The third-order valence-corrected chi connectivity index (χ3v) is 6.73. The van der Waals surface area contributed by atoms with Gasteiger partial charge in [-0.05, 0) is 75.0 Å². The first kappa shape index (κ1) is 21.8. The molecular weight excluding hydrogens is 392 g/mol. The Morgan fingerprint density at radius 3 is 2.74 bits per heavy atom. The number of hydrogen-bond acceptors (Lipinski definition) is 5. The Morgan fingerprint density at radius 1 is 1.16 bits per heavy atom. The minimum atomic E-state index is -0.00255. The summed E-state index contributed by atoms with van der Waals surface area (Å²) in [6, 6.07) is 10.1. The van der Waals surface area contributed by atoms with Crippen molar-refractivity contribution in [2.24, 2.45) is 5.92 Å². The van der Waals surface area contributed by atoms with E-state index in [4.69, 9.17) is 9.47 Å². The minimum absolute atomic E-state index is 0.00255. The second-order valence-corrected chi connectivity index (χ2v) is 8.64. The summed E-state index contributed by atoms with van der Waals surface area (Å²) in [7, 11) is 3.33. The van der Waals surface area contributed by atoms with E-state index in [1.807, 2.05) is 35.2 Å². The molecule has 2 atom stereocenters. The molecule has 2 saturated heterocycles. The normalized spacial score (nSPS) is 21.5. The number of benzene rings is 1. The van der Waals surface area contributed by atoms with E-state index in [2.05, 4.69) is 15.1 Å². The van der Waals surface area contributed by atoms with Crippen molar-refractivity contribution in [2.75, 3.05) is 47.0 Å². The van der Waals surface area contributed by atoms with E-state index >= 15 is 0 Å². The molecule has 31 heavy (non-hydrogen) atoms. The maximum Gasteiger partial charge on any atom is 0.271 e. The van der Waals surface area contributed by atoms with Crippen LogP contribution in [0.4, 0.5) is 0 Å². The zero-order valence-electron chi connectivity index (χ0n) is 18.7. The molecule has 1 aromatic heterocycles. The number of rotatable bonds is 8. The van der Waals surface area contributed by atoms with Crippen LogP contribution in [0.3, 0.4) is 0 Å². The highest BCUT2D eigenvalue weighted by molar-refractivity contribution is 5.93. The molecule has 7 heteroatoms. The summed E-state index contributed by atoms with van der Waals surface area (Å²) in [6.07, 6.45) is 6.27. The van der Waals surface area contributed by atoms with Crippen LogP contribution in [0.25, 0.3) is 11.3 Å². The first-order valence-corrected chi connectivity index (χ1v) is 11.4. The maximum atomic E-state index is 13.4. The molecule has 4 rings (SSSR count). The monoisotopic (exact) mass is 426 g/mol. The van der Waals surface area contributed by atoms with E-state index in [9.17, 15) is 4.79 Å². The number of carbonyl (C=O) groups is 1. The van der Waals surface area contributed by atoms with Crippen molar-refractivity contribution in [2.45, 2.75) is 38.1 Å². The Balaban J connectivity index is 1.48. The average molecular weight is 427 g/mol. The number of nitrogens with zero attached hydrogens (tertiary/aromatic N) is 3. The van der Waals surface area contributed by atoms with Crippen LogP contribution in [0.5, 0.6) is 5.75 Å². The van der Waals surface area contributed by atoms with Crippen LogP contribution in [0.1, 0.15) is 42.6 Å². The number of hydrogen-bond donors (Lipinski definition) is 1. The SMILES string of the molecule is COCCN(C[C@@H]1CCCN2CCCC[C@H]12)C(=O)c1cc(-c2ccc(OC)cc2)n[nH]1. The summed E-state index contributed by atoms with van der Waals surface area (Å²) in [4.78, 5) is 18.0. The van der Waals surface area contributed by atoms with Gasteiger partial charge in [0.15, 0.2) is 0 Å². The number of methoxy groups -OCH3 is 2. The van der Waals surface area contributed by atoms with Gasteiger partial charge in [0.05, 0.1) is 19.4 Å². The number of aromatic nitrogens is 2. The molecule has 3 heterocycles. The van der Waals surface area contributed by atoms with Crippen LogP contribution in [0.2, 0.25) is 0 Å². The van der Waals surface area contributed by atoms with Crippen LogP contribution < -0.4 is 4.74 Å². The number of ether oxygens (including phenoxy) is 2. The van der Waals surface area contributed by atoms with Crippen molar-refractivity contribution in [3.63, 3.8) is 0 Å². The standard InChI is InChI=1S/C24H34N4O3/c1-30-15-14-28(17-19-6-5-13-27-12-4-3-7-23(19)27)24(29)22-16-21(25-26-22)18-8-10-20(31-2)11-9-18/h8-11,16,19,23H,3-7,12-15,17H2,1-2H3,(H,25,26)/t19-,23+/m0/s1. The van der Waals surface area contributed by atoms with Gasteiger partial charge < -0.3 is 19.3 Å². The van der Waals surface area contributed by atoms with Gasteiger partial charge in [0.1, 0.15) is 11.4 Å². The summed E-state index contributed by atoms with van der Waals surface area (Å²) < 4.78 is 10.5. The fourth-order valence-corrected chi connectivity index (χ4v) is 5.06. The number of fused-ring (bicyclic) bond motifs is 1. The highest BCUT2D eigenvalue weighted by Gasteiger charge is 2.35. The predicted octanol–water partition coefficient (Wildman–Crippen LogP) is 3.44. The number of nitrogens with one attached hydrogen (secondary N) is 1.